The monoisotopic (exact) mass is 491 g/mol. The number of aryl methyl sites for hydroxylation is 1. The Kier molecular flexibility index (Phi) is 6.83. The minimum absolute atomic E-state index is 0.00737. The van der Waals surface area contributed by atoms with E-state index in [-0.39, 0.29) is 17.0 Å². The van der Waals surface area contributed by atoms with E-state index in [1.165, 1.54) is 18.9 Å². The standard InChI is InChI=1S/C27H29N3O6/c1-27(2,3)36-26(33)29-15-9-10-17-16-18(13-14-20(17)29)22-21(24(31)34-4)23(25(32)35-5)30(28-22)19-11-7-6-8-12-19/h6-8,11-14,16H,9-10,15H2,1-5H3. The van der Waals surface area contributed by atoms with Gasteiger partial charge in [-0.1, -0.05) is 24.3 Å². The van der Waals surface area contributed by atoms with Crippen LogP contribution in [0.5, 0.6) is 0 Å². The molecule has 0 fully saturated rings. The van der Waals surface area contributed by atoms with Crippen molar-refractivity contribution in [1.29, 1.82) is 0 Å². The van der Waals surface area contributed by atoms with E-state index in [1.54, 1.807) is 35.2 Å². The van der Waals surface area contributed by atoms with Gasteiger partial charge in [0.25, 0.3) is 0 Å². The molecule has 1 aliphatic rings. The maximum atomic E-state index is 12.9. The van der Waals surface area contributed by atoms with Crippen LogP contribution in [0.25, 0.3) is 16.9 Å². The van der Waals surface area contributed by atoms with Gasteiger partial charge in [0.1, 0.15) is 16.9 Å². The van der Waals surface area contributed by atoms with Crippen LogP contribution in [0.1, 0.15) is 53.6 Å². The summed E-state index contributed by atoms with van der Waals surface area (Å²) >= 11 is 0. The number of ether oxygens (including phenoxy) is 3. The van der Waals surface area contributed by atoms with Crippen molar-refractivity contribution in [1.82, 2.24) is 9.78 Å². The summed E-state index contributed by atoms with van der Waals surface area (Å²) in [6, 6.07) is 14.5. The summed E-state index contributed by atoms with van der Waals surface area (Å²) in [5, 5.41) is 4.65. The first kappa shape index (κ1) is 25.0. The largest absolute Gasteiger partial charge is 0.465 e. The van der Waals surface area contributed by atoms with E-state index < -0.39 is 23.6 Å². The van der Waals surface area contributed by atoms with Crippen LogP contribution >= 0.6 is 0 Å². The molecule has 0 radical (unpaired) electrons. The van der Waals surface area contributed by atoms with Gasteiger partial charge in [-0.3, -0.25) is 4.90 Å². The average Bonchev–Trinajstić information content (AvgIpc) is 3.27. The fraction of sp³-hybridized carbons (Fsp3) is 0.333. The number of para-hydroxylation sites is 1. The predicted octanol–water partition coefficient (Wildman–Crippen LogP) is 4.80. The Morgan fingerprint density at radius 2 is 1.64 bits per heavy atom. The van der Waals surface area contributed by atoms with Crippen LogP contribution < -0.4 is 4.90 Å². The van der Waals surface area contributed by atoms with E-state index in [1.807, 2.05) is 39.0 Å². The van der Waals surface area contributed by atoms with Crippen molar-refractivity contribution < 1.29 is 28.6 Å². The summed E-state index contributed by atoms with van der Waals surface area (Å²) in [7, 11) is 2.49. The molecule has 0 saturated carbocycles. The number of rotatable bonds is 4. The Hall–Kier alpha value is -4.14. The first-order chi connectivity index (χ1) is 17.1. The van der Waals surface area contributed by atoms with Crippen LogP contribution in [0, 0.1) is 0 Å². The lowest BCUT2D eigenvalue weighted by atomic mass is 9.96. The van der Waals surface area contributed by atoms with Gasteiger partial charge in [-0.25, -0.2) is 19.1 Å². The minimum Gasteiger partial charge on any atom is -0.465 e. The zero-order valence-corrected chi connectivity index (χ0v) is 21.0. The van der Waals surface area contributed by atoms with Crippen LogP contribution in [-0.4, -0.2) is 54.2 Å². The Morgan fingerprint density at radius 1 is 0.944 bits per heavy atom. The molecule has 4 rings (SSSR count). The second-order valence-electron chi connectivity index (χ2n) is 9.38. The van der Waals surface area contributed by atoms with Crippen molar-refractivity contribution in [2.75, 3.05) is 25.7 Å². The molecular weight excluding hydrogens is 462 g/mol. The molecule has 1 aromatic heterocycles. The fourth-order valence-electron chi connectivity index (χ4n) is 4.21. The molecule has 2 heterocycles. The number of esters is 2. The molecule has 0 bridgehead atoms. The molecule has 2 aromatic carbocycles. The second-order valence-corrected chi connectivity index (χ2v) is 9.38. The highest BCUT2D eigenvalue weighted by Gasteiger charge is 2.33. The molecule has 1 amide bonds. The van der Waals surface area contributed by atoms with Crippen LogP contribution in [0.3, 0.4) is 0 Å². The van der Waals surface area contributed by atoms with Crippen LogP contribution in [-0.2, 0) is 20.6 Å². The van der Waals surface area contributed by atoms with Gasteiger partial charge in [0, 0.05) is 12.1 Å². The molecule has 1 aliphatic heterocycles. The summed E-state index contributed by atoms with van der Waals surface area (Å²) in [6.07, 6.45) is 1.08. The smallest absolute Gasteiger partial charge is 0.414 e. The number of nitrogens with zero attached hydrogens (tertiary/aromatic N) is 3. The van der Waals surface area contributed by atoms with E-state index in [0.29, 0.717) is 17.8 Å². The zero-order chi connectivity index (χ0) is 26.0. The third kappa shape index (κ3) is 4.82. The maximum absolute atomic E-state index is 12.9. The van der Waals surface area contributed by atoms with E-state index in [2.05, 4.69) is 5.10 Å². The molecule has 3 aromatic rings. The van der Waals surface area contributed by atoms with E-state index in [4.69, 9.17) is 14.2 Å². The van der Waals surface area contributed by atoms with E-state index in [9.17, 15) is 14.4 Å². The number of hydrogen-bond acceptors (Lipinski definition) is 7. The summed E-state index contributed by atoms with van der Waals surface area (Å²) < 4.78 is 17.0. The van der Waals surface area contributed by atoms with Crippen LogP contribution in [0.4, 0.5) is 10.5 Å². The Balaban J connectivity index is 1.86. The lowest BCUT2D eigenvalue weighted by Crippen LogP contribution is -2.39. The van der Waals surface area contributed by atoms with Gasteiger partial charge in [0.2, 0.25) is 0 Å². The molecule has 188 valence electrons. The van der Waals surface area contributed by atoms with Crippen LogP contribution in [0.15, 0.2) is 48.5 Å². The molecule has 0 unspecified atom stereocenters. The van der Waals surface area contributed by atoms with Gasteiger partial charge in [-0.2, -0.15) is 5.10 Å². The molecule has 0 saturated heterocycles. The average molecular weight is 492 g/mol. The minimum atomic E-state index is -0.716. The molecule has 0 spiro atoms. The molecule has 9 heteroatoms. The highest BCUT2D eigenvalue weighted by molar-refractivity contribution is 6.07. The SMILES string of the molecule is COC(=O)c1c(-c2ccc3c(c2)CCCN3C(=O)OC(C)(C)C)nn(-c2ccccc2)c1C(=O)OC. The number of carbonyl (C=O) groups is 3. The lowest BCUT2D eigenvalue weighted by molar-refractivity contribution is 0.0549. The normalized spacial score (nSPS) is 13.1. The Labute approximate surface area is 209 Å². The van der Waals surface area contributed by atoms with Crippen molar-refractivity contribution in [2.45, 2.75) is 39.2 Å². The lowest BCUT2D eigenvalue weighted by Gasteiger charge is -2.31. The molecule has 9 nitrogen and oxygen atoms in total. The zero-order valence-electron chi connectivity index (χ0n) is 21.0. The third-order valence-electron chi connectivity index (χ3n) is 5.74. The highest BCUT2D eigenvalue weighted by atomic mass is 16.6. The van der Waals surface area contributed by atoms with Gasteiger partial charge in [-0.05, 0) is 63.4 Å². The molecule has 0 aliphatic carbocycles. The number of carbonyl (C=O) groups excluding carboxylic acids is 3. The summed E-state index contributed by atoms with van der Waals surface area (Å²) in [6.45, 7) is 6.03. The van der Waals surface area contributed by atoms with Crippen molar-refractivity contribution in [3.05, 3.63) is 65.4 Å². The second kappa shape index (κ2) is 9.85. The number of anilines is 1. The quantitative estimate of drug-likeness (QED) is 0.382. The van der Waals surface area contributed by atoms with E-state index in [0.717, 1.165) is 24.1 Å². The van der Waals surface area contributed by atoms with Gasteiger partial charge in [0.05, 0.1) is 25.6 Å². The van der Waals surface area contributed by atoms with Crippen LogP contribution in [0.2, 0.25) is 0 Å². The third-order valence-corrected chi connectivity index (χ3v) is 5.74. The molecule has 0 N–H and O–H groups in total. The van der Waals surface area contributed by atoms with Gasteiger partial charge >= 0.3 is 18.0 Å². The predicted molar refractivity (Wildman–Crippen MR) is 134 cm³/mol. The van der Waals surface area contributed by atoms with Crippen molar-refractivity contribution in [3.63, 3.8) is 0 Å². The van der Waals surface area contributed by atoms with E-state index >= 15 is 0 Å². The summed E-state index contributed by atoms with van der Waals surface area (Å²) in [5.74, 6) is -1.42. The number of aromatic nitrogens is 2. The number of amides is 1. The first-order valence-electron chi connectivity index (χ1n) is 11.6. The Morgan fingerprint density at radius 3 is 2.28 bits per heavy atom. The molecular formula is C27H29N3O6. The van der Waals surface area contributed by atoms with Crippen molar-refractivity contribution in [3.8, 4) is 16.9 Å². The topological polar surface area (TPSA) is 100.0 Å². The number of fused-ring (bicyclic) bond motifs is 1. The summed E-state index contributed by atoms with van der Waals surface area (Å²) in [4.78, 5) is 40.1. The van der Waals surface area contributed by atoms with Crippen molar-refractivity contribution in [2.24, 2.45) is 0 Å². The van der Waals surface area contributed by atoms with Crippen molar-refractivity contribution >= 4 is 23.7 Å². The van der Waals surface area contributed by atoms with Gasteiger partial charge in [-0.15, -0.1) is 0 Å². The molecule has 36 heavy (non-hydrogen) atoms. The fourth-order valence-corrected chi connectivity index (χ4v) is 4.21. The number of methoxy groups -OCH3 is 2. The highest BCUT2D eigenvalue weighted by Crippen LogP contribution is 2.35. The number of hydrogen-bond donors (Lipinski definition) is 0. The first-order valence-corrected chi connectivity index (χ1v) is 11.6. The molecule has 0 atom stereocenters. The van der Waals surface area contributed by atoms with Gasteiger partial charge in [0.15, 0.2) is 5.69 Å². The number of benzene rings is 2. The summed E-state index contributed by atoms with van der Waals surface area (Å²) in [5.41, 5.74) is 2.50. The maximum Gasteiger partial charge on any atom is 0.414 e. The van der Waals surface area contributed by atoms with Gasteiger partial charge < -0.3 is 14.2 Å². The Bertz CT molecular complexity index is 1310.